The van der Waals surface area contributed by atoms with Gasteiger partial charge in [-0.25, -0.2) is 0 Å². The van der Waals surface area contributed by atoms with Gasteiger partial charge in [0.05, 0.1) is 23.9 Å². The van der Waals surface area contributed by atoms with Crippen LogP contribution in [0.1, 0.15) is 11.7 Å². The molecule has 1 saturated heterocycles. The minimum atomic E-state index is -1.22. The summed E-state index contributed by atoms with van der Waals surface area (Å²) in [7, 11) is 0. The van der Waals surface area contributed by atoms with E-state index >= 15 is 0 Å². The molecule has 1 aromatic carbocycles. The minimum Gasteiger partial charge on any atom is -0.378 e. The highest BCUT2D eigenvalue weighted by Crippen LogP contribution is 2.39. The van der Waals surface area contributed by atoms with Crippen molar-refractivity contribution in [1.82, 2.24) is 0 Å². The Labute approximate surface area is 125 Å². The summed E-state index contributed by atoms with van der Waals surface area (Å²) in [5.74, 6) is -0.998. The van der Waals surface area contributed by atoms with E-state index in [4.69, 9.17) is 22.1 Å². The molecule has 4 N–H and O–H groups in total. The van der Waals surface area contributed by atoms with Crippen LogP contribution < -0.4 is 16.0 Å². The average Bonchev–Trinajstić information content (AvgIpc) is 2.73. The average molecular weight is 312 g/mol. The van der Waals surface area contributed by atoms with Crippen LogP contribution in [-0.2, 0) is 14.3 Å². The highest BCUT2D eigenvalue weighted by atomic mass is 35.5. The third kappa shape index (κ3) is 2.33. The van der Waals surface area contributed by atoms with Crippen LogP contribution in [0.2, 0.25) is 5.02 Å². The van der Waals surface area contributed by atoms with Gasteiger partial charge in [-0.1, -0.05) is 11.6 Å². The summed E-state index contributed by atoms with van der Waals surface area (Å²) in [5, 5.41) is 12.7. The lowest BCUT2D eigenvalue weighted by atomic mass is 10.1. The van der Waals surface area contributed by atoms with Crippen molar-refractivity contribution in [2.45, 2.75) is 12.1 Å². The molecule has 2 heterocycles. The molecule has 7 nitrogen and oxygen atoms in total. The maximum absolute atomic E-state index is 11.5. The number of ether oxygens (including phenoxy) is 1. The van der Waals surface area contributed by atoms with Crippen LogP contribution in [-0.4, -0.2) is 42.7 Å². The van der Waals surface area contributed by atoms with Crippen molar-refractivity contribution in [3.05, 3.63) is 22.7 Å². The summed E-state index contributed by atoms with van der Waals surface area (Å²) >= 11 is 6.24. The van der Waals surface area contributed by atoms with E-state index in [1.165, 1.54) is 6.07 Å². The largest absolute Gasteiger partial charge is 0.378 e. The van der Waals surface area contributed by atoms with E-state index in [1.54, 1.807) is 11.0 Å². The predicted octanol–water partition coefficient (Wildman–Crippen LogP) is 0.0160. The number of primary amides is 1. The molecule has 2 aliphatic rings. The fraction of sp³-hybridized carbons (Fsp3) is 0.385. The molecule has 3 rings (SSSR count). The molecule has 0 bridgehead atoms. The zero-order valence-corrected chi connectivity index (χ0v) is 11.8. The summed E-state index contributed by atoms with van der Waals surface area (Å²) in [6.07, 6.45) is -1.22. The van der Waals surface area contributed by atoms with Gasteiger partial charge in [-0.3, -0.25) is 9.59 Å². The smallest absolute Gasteiger partial charge is 0.257 e. The number of anilines is 2. The first-order valence-electron chi connectivity index (χ1n) is 6.45. The lowest BCUT2D eigenvalue weighted by Crippen LogP contribution is -2.52. The van der Waals surface area contributed by atoms with E-state index in [0.717, 1.165) is 0 Å². The summed E-state index contributed by atoms with van der Waals surface area (Å²) < 4.78 is 5.27. The molecule has 2 atom stereocenters. The molecule has 21 heavy (non-hydrogen) atoms. The van der Waals surface area contributed by atoms with E-state index in [1.807, 2.05) is 0 Å². The Kier molecular flexibility index (Phi) is 3.48. The molecule has 2 amide bonds. The van der Waals surface area contributed by atoms with E-state index in [9.17, 15) is 14.7 Å². The molecule has 1 aromatic rings. The number of nitrogens with two attached hydrogens (primary N) is 1. The Balaban J connectivity index is 2.01. The summed E-state index contributed by atoms with van der Waals surface area (Å²) in [6.45, 7) is 1.10. The number of amides is 2. The quantitative estimate of drug-likeness (QED) is 0.714. The van der Waals surface area contributed by atoms with Crippen LogP contribution in [0, 0.1) is 0 Å². The van der Waals surface area contributed by atoms with Gasteiger partial charge in [0.15, 0.2) is 6.10 Å². The Morgan fingerprint density at radius 1 is 1.52 bits per heavy atom. The number of aliphatic hydroxyl groups excluding tert-OH is 1. The van der Waals surface area contributed by atoms with Crippen molar-refractivity contribution in [3.8, 4) is 0 Å². The monoisotopic (exact) mass is 311 g/mol. The number of fused-ring (bicyclic) bond motifs is 1. The van der Waals surface area contributed by atoms with E-state index in [-0.39, 0.29) is 6.61 Å². The molecule has 0 aliphatic carbocycles. The summed E-state index contributed by atoms with van der Waals surface area (Å²) in [4.78, 5) is 24.8. The van der Waals surface area contributed by atoms with Gasteiger partial charge < -0.3 is 25.8 Å². The van der Waals surface area contributed by atoms with E-state index in [0.29, 0.717) is 35.1 Å². The Hall–Kier alpha value is -1.83. The number of hydrogen-bond donors (Lipinski definition) is 3. The zero-order chi connectivity index (χ0) is 15.1. The topological polar surface area (TPSA) is 105 Å². The van der Waals surface area contributed by atoms with Crippen molar-refractivity contribution in [3.63, 3.8) is 0 Å². The van der Waals surface area contributed by atoms with Gasteiger partial charge in [0.2, 0.25) is 5.91 Å². The van der Waals surface area contributed by atoms with Crippen LogP contribution in [0.5, 0.6) is 0 Å². The lowest BCUT2D eigenvalue weighted by molar-refractivity contribution is -0.123. The number of hydrogen-bond acceptors (Lipinski definition) is 5. The van der Waals surface area contributed by atoms with Gasteiger partial charge in [-0.15, -0.1) is 0 Å². The van der Waals surface area contributed by atoms with E-state index in [2.05, 4.69) is 5.32 Å². The second-order valence-electron chi connectivity index (χ2n) is 4.97. The highest BCUT2D eigenvalue weighted by molar-refractivity contribution is 6.33. The Morgan fingerprint density at radius 3 is 3.00 bits per heavy atom. The number of carbonyl (C=O) groups is 2. The lowest BCUT2D eigenvalue weighted by Gasteiger charge is -2.36. The number of morpholine rings is 1. The molecule has 0 saturated carbocycles. The fourth-order valence-electron chi connectivity index (χ4n) is 2.60. The van der Waals surface area contributed by atoms with Crippen LogP contribution in [0.3, 0.4) is 0 Å². The minimum absolute atomic E-state index is 0.192. The number of halogens is 1. The first kappa shape index (κ1) is 14.1. The Bertz CT molecular complexity index is 622. The van der Waals surface area contributed by atoms with Gasteiger partial charge in [0.25, 0.3) is 5.91 Å². The normalized spacial score (nSPS) is 24.7. The molecule has 112 valence electrons. The number of rotatable bonds is 2. The molecule has 8 heteroatoms. The maximum atomic E-state index is 11.5. The molecule has 2 unspecified atom stereocenters. The Morgan fingerprint density at radius 2 is 2.29 bits per heavy atom. The molecule has 1 fully saturated rings. The van der Waals surface area contributed by atoms with Gasteiger partial charge in [-0.2, -0.15) is 0 Å². The molecular formula is C13H14ClN3O4. The van der Waals surface area contributed by atoms with Gasteiger partial charge >= 0.3 is 0 Å². The van der Waals surface area contributed by atoms with Gasteiger partial charge in [0, 0.05) is 17.8 Å². The van der Waals surface area contributed by atoms with Crippen molar-refractivity contribution < 1.29 is 19.4 Å². The number of nitrogens with zero attached hydrogens (tertiary/aromatic N) is 1. The van der Waals surface area contributed by atoms with Crippen LogP contribution >= 0.6 is 11.6 Å². The first-order valence-corrected chi connectivity index (χ1v) is 6.83. The number of aliphatic hydroxyl groups is 1. The van der Waals surface area contributed by atoms with Crippen molar-refractivity contribution in [2.75, 3.05) is 30.0 Å². The highest BCUT2D eigenvalue weighted by Gasteiger charge is 2.33. The predicted molar refractivity (Wildman–Crippen MR) is 76.2 cm³/mol. The molecule has 0 aromatic heterocycles. The van der Waals surface area contributed by atoms with Crippen LogP contribution in [0.15, 0.2) is 12.1 Å². The van der Waals surface area contributed by atoms with Crippen LogP contribution in [0.4, 0.5) is 11.4 Å². The molecule has 0 spiro atoms. The summed E-state index contributed by atoms with van der Waals surface area (Å²) in [6, 6.07) is 2.56. The molecular weight excluding hydrogens is 298 g/mol. The number of nitrogens with one attached hydrogen (secondary N) is 1. The van der Waals surface area contributed by atoms with Gasteiger partial charge in [0.1, 0.15) is 6.04 Å². The van der Waals surface area contributed by atoms with Crippen molar-refractivity contribution >= 4 is 34.8 Å². The van der Waals surface area contributed by atoms with Crippen molar-refractivity contribution in [2.24, 2.45) is 5.73 Å². The van der Waals surface area contributed by atoms with E-state index < -0.39 is 24.0 Å². The zero-order valence-electron chi connectivity index (χ0n) is 11.0. The second kappa shape index (κ2) is 5.18. The van der Waals surface area contributed by atoms with Crippen molar-refractivity contribution in [1.29, 1.82) is 0 Å². The standard InChI is InChI=1S/C13H14ClN3O4/c14-7-3-6-8(16-13(20)11(6)18)4-9(7)17-1-2-21-5-10(17)12(15)19/h3-4,10-11,18H,1-2,5H2,(H2,15,19)(H,16,20). The fourth-order valence-corrected chi connectivity index (χ4v) is 2.88. The maximum Gasteiger partial charge on any atom is 0.257 e. The van der Waals surface area contributed by atoms with Crippen LogP contribution in [0.25, 0.3) is 0 Å². The number of benzene rings is 1. The summed E-state index contributed by atoms with van der Waals surface area (Å²) in [5.41, 5.74) is 6.88. The SMILES string of the molecule is NC(=O)C1COCCN1c1cc2c(cc1Cl)C(O)C(=O)N2. The first-order chi connectivity index (χ1) is 9.99. The van der Waals surface area contributed by atoms with Gasteiger partial charge in [-0.05, 0) is 12.1 Å². The molecule has 2 aliphatic heterocycles. The third-order valence-corrected chi connectivity index (χ3v) is 3.99. The second-order valence-corrected chi connectivity index (χ2v) is 5.38. The number of carbonyl (C=O) groups excluding carboxylic acids is 2. The molecule has 0 radical (unpaired) electrons. The third-order valence-electron chi connectivity index (χ3n) is 3.69.